The number of ether oxygens (including phenoxy) is 6. The van der Waals surface area contributed by atoms with Crippen LogP contribution in [0.2, 0.25) is 0 Å². The number of methoxy groups -OCH3 is 3. The SMILES string of the molecule is COC(=O)[C@@H](C[C@H]1CC[C@](C(=O)OC)([C@@H](OC(C)=O)[C@@H](COC(C)=O)NC(=O)OC(C)(C)C)N1C(=O)OC)OS(C)(=O)=O. The molecule has 0 spiro atoms. The van der Waals surface area contributed by atoms with Crippen molar-refractivity contribution < 1.29 is 69.8 Å². The number of carbonyl (C=O) groups is 6. The molecule has 2 amide bonds. The van der Waals surface area contributed by atoms with Gasteiger partial charge in [-0.2, -0.15) is 8.42 Å². The van der Waals surface area contributed by atoms with Crippen LogP contribution in [0, 0.1) is 0 Å². The van der Waals surface area contributed by atoms with Crippen molar-refractivity contribution in [2.24, 2.45) is 0 Å². The molecule has 246 valence electrons. The van der Waals surface area contributed by atoms with Gasteiger partial charge >= 0.3 is 36.1 Å². The number of amides is 2. The molecule has 43 heavy (non-hydrogen) atoms. The quantitative estimate of drug-likeness (QED) is 0.174. The van der Waals surface area contributed by atoms with E-state index in [0.717, 1.165) is 40.1 Å². The van der Waals surface area contributed by atoms with Crippen molar-refractivity contribution in [3.05, 3.63) is 0 Å². The molecule has 1 rings (SSSR count). The van der Waals surface area contributed by atoms with Gasteiger partial charge in [0.05, 0.1) is 27.6 Å². The first-order valence-corrected chi connectivity index (χ1v) is 14.8. The van der Waals surface area contributed by atoms with E-state index >= 15 is 0 Å². The lowest BCUT2D eigenvalue weighted by Crippen LogP contribution is -2.69. The van der Waals surface area contributed by atoms with Gasteiger partial charge in [-0.05, 0) is 33.6 Å². The first kappa shape index (κ1) is 37.4. The van der Waals surface area contributed by atoms with Crippen molar-refractivity contribution in [1.82, 2.24) is 10.2 Å². The van der Waals surface area contributed by atoms with Crippen molar-refractivity contribution >= 4 is 46.2 Å². The monoisotopic (exact) mass is 640 g/mol. The fourth-order valence-corrected chi connectivity index (χ4v) is 5.27. The molecule has 5 atom stereocenters. The fraction of sp³-hybridized carbons (Fsp3) is 0.760. The summed E-state index contributed by atoms with van der Waals surface area (Å²) in [6, 6.07) is -2.69. The average molecular weight is 641 g/mol. The van der Waals surface area contributed by atoms with Crippen LogP contribution in [-0.4, -0.2) is 119 Å². The zero-order chi connectivity index (χ0) is 33.3. The topological polar surface area (TPSA) is 216 Å². The highest BCUT2D eigenvalue weighted by atomic mass is 32.2. The van der Waals surface area contributed by atoms with E-state index < -0.39 is 94.6 Å². The summed E-state index contributed by atoms with van der Waals surface area (Å²) in [6.07, 6.45) is -6.03. The van der Waals surface area contributed by atoms with Crippen LogP contribution in [0.4, 0.5) is 9.59 Å². The summed E-state index contributed by atoms with van der Waals surface area (Å²) in [7, 11) is -1.24. The lowest BCUT2D eigenvalue weighted by Gasteiger charge is -2.44. The van der Waals surface area contributed by atoms with Crippen LogP contribution in [0.5, 0.6) is 0 Å². The summed E-state index contributed by atoms with van der Waals surface area (Å²) < 4.78 is 59.2. The Balaban J connectivity index is 3.87. The third kappa shape index (κ3) is 10.5. The van der Waals surface area contributed by atoms with E-state index in [0.29, 0.717) is 6.26 Å². The predicted molar refractivity (Wildman–Crippen MR) is 144 cm³/mol. The van der Waals surface area contributed by atoms with E-state index in [2.05, 4.69) is 10.1 Å². The Morgan fingerprint density at radius 1 is 0.977 bits per heavy atom. The molecule has 0 saturated carbocycles. The first-order chi connectivity index (χ1) is 19.7. The number of hydrogen-bond donors (Lipinski definition) is 1. The minimum Gasteiger partial charge on any atom is -0.467 e. The number of carbonyl (C=O) groups excluding carboxylic acids is 6. The summed E-state index contributed by atoms with van der Waals surface area (Å²) in [4.78, 5) is 77.2. The Kier molecular flexibility index (Phi) is 13.2. The predicted octanol–water partition coefficient (Wildman–Crippen LogP) is 0.425. The highest BCUT2D eigenvalue weighted by Crippen LogP contribution is 2.43. The van der Waals surface area contributed by atoms with Gasteiger partial charge < -0.3 is 33.7 Å². The van der Waals surface area contributed by atoms with Gasteiger partial charge in [-0.15, -0.1) is 0 Å². The van der Waals surface area contributed by atoms with Gasteiger partial charge in [-0.3, -0.25) is 18.7 Å². The number of esters is 4. The molecule has 0 aliphatic carbocycles. The summed E-state index contributed by atoms with van der Waals surface area (Å²) in [5, 5.41) is 2.43. The highest BCUT2D eigenvalue weighted by molar-refractivity contribution is 7.86. The maximum Gasteiger partial charge on any atom is 0.410 e. The fourth-order valence-electron chi connectivity index (χ4n) is 4.69. The number of rotatable bonds is 12. The molecule has 1 fully saturated rings. The minimum absolute atomic E-state index is 0.116. The summed E-state index contributed by atoms with van der Waals surface area (Å²) in [6.45, 7) is 6.13. The van der Waals surface area contributed by atoms with Gasteiger partial charge in [0, 0.05) is 26.3 Å². The number of hydrogen-bond acceptors (Lipinski definition) is 15. The molecule has 1 aliphatic heterocycles. The molecule has 0 bridgehead atoms. The molecule has 0 radical (unpaired) electrons. The van der Waals surface area contributed by atoms with Crippen LogP contribution in [0.1, 0.15) is 53.9 Å². The van der Waals surface area contributed by atoms with Crippen molar-refractivity contribution in [2.75, 3.05) is 34.2 Å². The molecule has 1 N–H and O–H groups in total. The van der Waals surface area contributed by atoms with Crippen LogP contribution < -0.4 is 5.32 Å². The Morgan fingerprint density at radius 2 is 1.58 bits per heavy atom. The van der Waals surface area contributed by atoms with Gasteiger partial charge in [0.2, 0.25) is 0 Å². The summed E-state index contributed by atoms with van der Waals surface area (Å²) in [5.41, 5.74) is -3.27. The van der Waals surface area contributed by atoms with Crippen LogP contribution in [0.25, 0.3) is 0 Å². The zero-order valence-electron chi connectivity index (χ0n) is 25.6. The van der Waals surface area contributed by atoms with Crippen LogP contribution >= 0.6 is 0 Å². The van der Waals surface area contributed by atoms with Crippen LogP contribution in [0.3, 0.4) is 0 Å². The van der Waals surface area contributed by atoms with Crippen molar-refractivity contribution in [3.8, 4) is 0 Å². The van der Waals surface area contributed by atoms with Crippen molar-refractivity contribution in [1.29, 1.82) is 0 Å². The Labute approximate surface area is 249 Å². The van der Waals surface area contributed by atoms with Gasteiger partial charge in [-0.25, -0.2) is 19.2 Å². The molecular weight excluding hydrogens is 600 g/mol. The maximum absolute atomic E-state index is 13.7. The third-order valence-corrected chi connectivity index (χ3v) is 6.68. The lowest BCUT2D eigenvalue weighted by molar-refractivity contribution is -0.175. The van der Waals surface area contributed by atoms with Crippen LogP contribution in [-0.2, 0) is 61.9 Å². The Bertz CT molecular complexity index is 1170. The average Bonchev–Trinajstić information content (AvgIpc) is 3.25. The normalized spacial score (nSPS) is 20.6. The van der Waals surface area contributed by atoms with E-state index in [1.807, 2.05) is 0 Å². The molecule has 17 nitrogen and oxygen atoms in total. The number of nitrogens with one attached hydrogen (secondary N) is 1. The zero-order valence-corrected chi connectivity index (χ0v) is 26.4. The molecule has 1 heterocycles. The first-order valence-electron chi connectivity index (χ1n) is 12.9. The second kappa shape index (κ2) is 15.2. The summed E-state index contributed by atoms with van der Waals surface area (Å²) >= 11 is 0. The number of nitrogens with zero attached hydrogens (tertiary/aromatic N) is 1. The number of alkyl carbamates (subject to hydrolysis) is 1. The van der Waals surface area contributed by atoms with Gasteiger partial charge in [-0.1, -0.05) is 0 Å². The molecule has 1 aliphatic rings. The van der Waals surface area contributed by atoms with E-state index in [9.17, 15) is 37.2 Å². The van der Waals surface area contributed by atoms with Crippen LogP contribution in [0.15, 0.2) is 0 Å². The number of likely N-dealkylation sites (tertiary alicyclic amines) is 1. The van der Waals surface area contributed by atoms with Crippen molar-refractivity contribution in [2.45, 2.75) is 89.3 Å². The lowest BCUT2D eigenvalue weighted by atomic mass is 9.84. The summed E-state index contributed by atoms with van der Waals surface area (Å²) in [5.74, 6) is -3.99. The van der Waals surface area contributed by atoms with E-state index in [1.165, 1.54) is 0 Å². The highest BCUT2D eigenvalue weighted by Gasteiger charge is 2.64. The Morgan fingerprint density at radius 3 is 2.02 bits per heavy atom. The molecule has 0 aromatic carbocycles. The Hall–Kier alpha value is -3.67. The third-order valence-electron chi connectivity index (χ3n) is 6.10. The van der Waals surface area contributed by atoms with Gasteiger partial charge in [0.15, 0.2) is 17.7 Å². The standard InChI is InChI=1S/C25H40N2O15S/c1-14(28)39-13-17(26-22(32)41-24(3,4)5)19(40-15(2)29)25(21(31)37-7)11-10-16(27(25)23(33)38-8)12-18(20(30)36-6)42-43(9,34)35/h16-19H,10-13H2,1-9H3,(H,26,32)/t16-,17-,18-,19+,25-/m1/s1. The minimum atomic E-state index is -4.21. The van der Waals surface area contributed by atoms with Gasteiger partial charge in [0.1, 0.15) is 18.2 Å². The maximum atomic E-state index is 13.7. The molecule has 1 saturated heterocycles. The second-order valence-corrected chi connectivity index (χ2v) is 12.2. The second-order valence-electron chi connectivity index (χ2n) is 10.6. The van der Waals surface area contributed by atoms with Gasteiger partial charge in [0.25, 0.3) is 10.1 Å². The molecule has 18 heteroatoms. The van der Waals surface area contributed by atoms with E-state index in [4.69, 9.17) is 27.9 Å². The largest absolute Gasteiger partial charge is 0.467 e. The smallest absolute Gasteiger partial charge is 0.410 e. The molecule has 0 aromatic heterocycles. The molecule has 0 unspecified atom stereocenters. The van der Waals surface area contributed by atoms with Crippen molar-refractivity contribution in [3.63, 3.8) is 0 Å². The molecule has 0 aromatic rings. The molecular formula is C25H40N2O15S. The van der Waals surface area contributed by atoms with E-state index in [1.54, 1.807) is 20.8 Å². The van der Waals surface area contributed by atoms with E-state index in [-0.39, 0.29) is 12.8 Å².